The van der Waals surface area contributed by atoms with Crippen molar-refractivity contribution in [2.45, 2.75) is 19.4 Å². The van der Waals surface area contributed by atoms with Crippen LogP contribution < -0.4 is 10.6 Å². The Kier molecular flexibility index (Phi) is 7.99. The van der Waals surface area contributed by atoms with Gasteiger partial charge >= 0.3 is 0 Å². The normalized spacial score (nSPS) is 11.0. The van der Waals surface area contributed by atoms with E-state index < -0.39 is 0 Å². The Bertz CT molecular complexity index is 964. The van der Waals surface area contributed by atoms with Crippen molar-refractivity contribution in [2.75, 3.05) is 37.8 Å². The van der Waals surface area contributed by atoms with Crippen molar-refractivity contribution >= 4 is 23.2 Å². The van der Waals surface area contributed by atoms with Gasteiger partial charge in [0.1, 0.15) is 17.5 Å². The molecule has 0 aliphatic rings. The first kappa shape index (κ1) is 22.0. The number of hydrogen-bond acceptors (Lipinski definition) is 5. The summed E-state index contributed by atoms with van der Waals surface area (Å²) in [5.41, 5.74) is 2.42. The van der Waals surface area contributed by atoms with Crippen LogP contribution in [0.2, 0.25) is 5.02 Å². The molecule has 0 fully saturated rings. The number of rotatable bonds is 10. The summed E-state index contributed by atoms with van der Waals surface area (Å²) in [5, 5.41) is 7.13. The Morgan fingerprint density at radius 3 is 2.63 bits per heavy atom. The summed E-state index contributed by atoms with van der Waals surface area (Å²) in [6.45, 7) is 2.41. The largest absolute Gasteiger partial charge is 0.370 e. The van der Waals surface area contributed by atoms with Crippen LogP contribution in [0, 0.1) is 5.82 Å². The monoisotopic (exact) mass is 427 g/mol. The molecule has 0 saturated heterocycles. The molecule has 3 rings (SSSR count). The number of nitrogens with one attached hydrogen (secondary N) is 2. The van der Waals surface area contributed by atoms with Crippen LogP contribution in [0.4, 0.5) is 16.0 Å². The number of hydrogen-bond donors (Lipinski definition) is 2. The number of halogens is 2. The van der Waals surface area contributed by atoms with E-state index in [-0.39, 0.29) is 5.82 Å². The fraction of sp³-hybridized carbons (Fsp3) is 0.304. The molecule has 7 heteroatoms. The molecular formula is C23H27ClFN5. The molecule has 0 saturated carbocycles. The van der Waals surface area contributed by atoms with Crippen molar-refractivity contribution in [2.24, 2.45) is 0 Å². The highest BCUT2D eigenvalue weighted by Crippen LogP contribution is 2.28. The smallest absolute Gasteiger partial charge is 0.126 e. The van der Waals surface area contributed by atoms with Gasteiger partial charge in [0.25, 0.3) is 0 Å². The number of pyridine rings is 2. The van der Waals surface area contributed by atoms with Crippen LogP contribution >= 0.6 is 11.6 Å². The molecule has 0 aliphatic carbocycles. The molecule has 2 N–H and O–H groups in total. The molecule has 3 aromatic rings. The van der Waals surface area contributed by atoms with Crippen molar-refractivity contribution in [1.29, 1.82) is 0 Å². The quantitative estimate of drug-likeness (QED) is 0.430. The number of unbranched alkanes of at least 4 members (excludes halogenated alkanes) is 1. The second-order valence-corrected chi connectivity index (χ2v) is 7.79. The Morgan fingerprint density at radius 2 is 1.83 bits per heavy atom. The predicted octanol–water partition coefficient (Wildman–Crippen LogP) is 5.30. The van der Waals surface area contributed by atoms with Crippen LogP contribution in [0.25, 0.3) is 11.3 Å². The minimum atomic E-state index is -0.249. The van der Waals surface area contributed by atoms with E-state index >= 15 is 0 Å². The van der Waals surface area contributed by atoms with Crippen LogP contribution in [-0.2, 0) is 6.54 Å². The molecule has 0 bridgehead atoms. The highest BCUT2D eigenvalue weighted by atomic mass is 35.5. The number of aromatic nitrogens is 2. The van der Waals surface area contributed by atoms with Crippen molar-refractivity contribution in [3.63, 3.8) is 0 Å². The third-order valence-electron chi connectivity index (χ3n) is 4.58. The van der Waals surface area contributed by atoms with Crippen molar-refractivity contribution < 1.29 is 4.39 Å². The van der Waals surface area contributed by atoms with Gasteiger partial charge in [-0.3, -0.25) is 0 Å². The lowest BCUT2D eigenvalue weighted by molar-refractivity contribution is 0.396. The van der Waals surface area contributed by atoms with Gasteiger partial charge in [-0.25, -0.2) is 14.4 Å². The lowest BCUT2D eigenvalue weighted by Crippen LogP contribution is -2.14. The van der Waals surface area contributed by atoms with Crippen LogP contribution in [0.3, 0.4) is 0 Å². The molecular weight excluding hydrogens is 401 g/mol. The molecule has 0 radical (unpaired) electrons. The Labute approximate surface area is 182 Å². The van der Waals surface area contributed by atoms with Gasteiger partial charge in [-0.1, -0.05) is 29.8 Å². The molecule has 0 atom stereocenters. The highest BCUT2D eigenvalue weighted by molar-refractivity contribution is 6.33. The first-order chi connectivity index (χ1) is 14.5. The van der Waals surface area contributed by atoms with E-state index in [4.69, 9.17) is 11.6 Å². The number of benzene rings is 1. The summed E-state index contributed by atoms with van der Waals surface area (Å²) in [5.74, 6) is 1.23. The van der Waals surface area contributed by atoms with E-state index in [1.54, 1.807) is 12.3 Å². The zero-order chi connectivity index (χ0) is 21.3. The lowest BCUT2D eigenvalue weighted by Gasteiger charge is -2.12. The van der Waals surface area contributed by atoms with Gasteiger partial charge in [0.05, 0.1) is 10.7 Å². The van der Waals surface area contributed by atoms with Crippen LogP contribution in [0.1, 0.15) is 18.4 Å². The first-order valence-electron chi connectivity index (χ1n) is 10.0. The van der Waals surface area contributed by atoms with Crippen LogP contribution in [0.15, 0.2) is 54.7 Å². The minimum Gasteiger partial charge on any atom is -0.370 e. The third-order valence-corrected chi connectivity index (χ3v) is 4.88. The molecule has 2 heterocycles. The van der Waals surface area contributed by atoms with E-state index in [0.717, 1.165) is 48.6 Å². The zero-order valence-corrected chi connectivity index (χ0v) is 18.1. The van der Waals surface area contributed by atoms with E-state index in [1.807, 2.05) is 30.3 Å². The second kappa shape index (κ2) is 10.9. The molecule has 30 heavy (non-hydrogen) atoms. The van der Waals surface area contributed by atoms with Crippen LogP contribution in [-0.4, -0.2) is 42.1 Å². The van der Waals surface area contributed by atoms with Gasteiger partial charge < -0.3 is 15.5 Å². The standard InChI is InChI=1S/C23H27ClFN5/c1-30(2)12-4-3-11-26-23-14-19(20(24)16-28-23)21-9-6-10-22(29-21)27-15-17-7-5-8-18(25)13-17/h5-10,13-14,16H,3-4,11-12,15H2,1-2H3,(H,26,28)(H,27,29). The predicted molar refractivity (Wildman–Crippen MR) is 122 cm³/mol. The summed E-state index contributed by atoms with van der Waals surface area (Å²) in [4.78, 5) is 11.2. The van der Waals surface area contributed by atoms with Crippen LogP contribution in [0.5, 0.6) is 0 Å². The molecule has 158 valence electrons. The Morgan fingerprint density at radius 1 is 1.00 bits per heavy atom. The molecule has 0 amide bonds. The Balaban J connectivity index is 1.65. The summed E-state index contributed by atoms with van der Waals surface area (Å²) >= 11 is 6.39. The maximum atomic E-state index is 13.4. The van der Waals surface area contributed by atoms with E-state index in [1.165, 1.54) is 12.1 Å². The average molecular weight is 428 g/mol. The van der Waals surface area contributed by atoms with Gasteiger partial charge in [0, 0.05) is 24.8 Å². The maximum Gasteiger partial charge on any atom is 0.126 e. The number of anilines is 2. The molecule has 0 spiro atoms. The van der Waals surface area contributed by atoms with Gasteiger partial charge in [0.2, 0.25) is 0 Å². The highest BCUT2D eigenvalue weighted by Gasteiger charge is 2.09. The minimum absolute atomic E-state index is 0.249. The second-order valence-electron chi connectivity index (χ2n) is 7.38. The topological polar surface area (TPSA) is 53.1 Å². The van der Waals surface area contributed by atoms with E-state index in [2.05, 4.69) is 39.6 Å². The van der Waals surface area contributed by atoms with Crippen molar-refractivity contribution in [1.82, 2.24) is 14.9 Å². The molecule has 2 aromatic heterocycles. The average Bonchev–Trinajstić information content (AvgIpc) is 2.73. The third kappa shape index (κ3) is 6.68. The van der Waals surface area contributed by atoms with Crippen molar-refractivity contribution in [3.05, 3.63) is 71.1 Å². The SMILES string of the molecule is CN(C)CCCCNc1cc(-c2cccc(NCc3cccc(F)c3)n2)c(Cl)cn1. The van der Waals surface area contributed by atoms with Crippen molar-refractivity contribution in [3.8, 4) is 11.3 Å². The summed E-state index contributed by atoms with van der Waals surface area (Å²) < 4.78 is 13.4. The summed E-state index contributed by atoms with van der Waals surface area (Å²) in [6.07, 6.45) is 3.84. The maximum absolute atomic E-state index is 13.4. The fourth-order valence-corrected chi connectivity index (χ4v) is 3.22. The number of nitrogens with zero attached hydrogens (tertiary/aromatic N) is 3. The summed E-state index contributed by atoms with van der Waals surface area (Å²) in [6, 6.07) is 14.1. The lowest BCUT2D eigenvalue weighted by atomic mass is 10.1. The molecule has 0 unspecified atom stereocenters. The fourth-order valence-electron chi connectivity index (χ4n) is 3.02. The van der Waals surface area contributed by atoms with E-state index in [9.17, 15) is 4.39 Å². The molecule has 5 nitrogen and oxygen atoms in total. The van der Waals surface area contributed by atoms with Gasteiger partial charge in [-0.05, 0) is 69.4 Å². The Hall–Kier alpha value is -2.70. The summed E-state index contributed by atoms with van der Waals surface area (Å²) in [7, 11) is 4.16. The first-order valence-corrected chi connectivity index (χ1v) is 10.4. The van der Waals surface area contributed by atoms with Gasteiger partial charge in [-0.2, -0.15) is 0 Å². The van der Waals surface area contributed by atoms with Gasteiger partial charge in [-0.15, -0.1) is 0 Å². The zero-order valence-electron chi connectivity index (χ0n) is 17.3. The molecule has 1 aromatic carbocycles. The van der Waals surface area contributed by atoms with E-state index in [0.29, 0.717) is 17.4 Å². The molecule has 0 aliphatic heterocycles. The van der Waals surface area contributed by atoms with Gasteiger partial charge in [0.15, 0.2) is 0 Å².